The summed E-state index contributed by atoms with van der Waals surface area (Å²) in [5.74, 6) is 1.60. The Labute approximate surface area is 121 Å². The number of halogens is 1. The molecule has 0 saturated heterocycles. The van der Waals surface area contributed by atoms with Crippen LogP contribution in [0, 0.1) is 0 Å². The number of anilines is 2. The molecule has 0 saturated carbocycles. The predicted molar refractivity (Wildman–Crippen MR) is 83.1 cm³/mol. The SMILES string of the molecule is CN(C)c1ccc2[nH]c(-c3ccc(Cl)c(N)c3)nc2n1. The summed E-state index contributed by atoms with van der Waals surface area (Å²) in [4.78, 5) is 14.2. The van der Waals surface area contributed by atoms with Crippen molar-refractivity contribution in [3.63, 3.8) is 0 Å². The maximum atomic E-state index is 5.93. The first kappa shape index (κ1) is 12.7. The number of pyridine rings is 1. The van der Waals surface area contributed by atoms with Gasteiger partial charge in [0.15, 0.2) is 5.65 Å². The predicted octanol–water partition coefficient (Wildman–Crippen LogP) is 2.93. The Kier molecular flexibility index (Phi) is 2.99. The van der Waals surface area contributed by atoms with Gasteiger partial charge < -0.3 is 15.6 Å². The van der Waals surface area contributed by atoms with Gasteiger partial charge in [0, 0.05) is 19.7 Å². The molecule has 0 bridgehead atoms. The van der Waals surface area contributed by atoms with Gasteiger partial charge in [-0.15, -0.1) is 0 Å². The molecule has 2 aromatic heterocycles. The highest BCUT2D eigenvalue weighted by atomic mass is 35.5. The Morgan fingerprint density at radius 2 is 1.95 bits per heavy atom. The molecule has 3 aromatic rings. The Morgan fingerprint density at radius 1 is 1.15 bits per heavy atom. The minimum atomic E-state index is 0.534. The minimum absolute atomic E-state index is 0.534. The second-order valence-electron chi connectivity index (χ2n) is 4.76. The number of aromatic amines is 1. The van der Waals surface area contributed by atoms with Crippen LogP contribution in [-0.4, -0.2) is 29.0 Å². The third kappa shape index (κ3) is 2.16. The maximum Gasteiger partial charge on any atom is 0.180 e. The molecule has 0 radical (unpaired) electrons. The molecule has 0 aliphatic carbocycles. The average Bonchev–Trinajstić information content (AvgIpc) is 2.84. The molecule has 0 aliphatic rings. The first-order valence-electron chi connectivity index (χ1n) is 6.14. The van der Waals surface area contributed by atoms with E-state index in [1.807, 2.05) is 37.2 Å². The first-order valence-corrected chi connectivity index (χ1v) is 6.52. The van der Waals surface area contributed by atoms with Gasteiger partial charge in [0.25, 0.3) is 0 Å². The molecular formula is C14H14ClN5. The number of hydrogen-bond acceptors (Lipinski definition) is 4. The van der Waals surface area contributed by atoms with Crippen LogP contribution in [0.2, 0.25) is 5.02 Å². The summed E-state index contributed by atoms with van der Waals surface area (Å²) < 4.78 is 0. The topological polar surface area (TPSA) is 70.8 Å². The Morgan fingerprint density at radius 3 is 2.65 bits per heavy atom. The lowest BCUT2D eigenvalue weighted by Gasteiger charge is -2.09. The van der Waals surface area contributed by atoms with Gasteiger partial charge in [0.1, 0.15) is 11.6 Å². The molecule has 0 amide bonds. The van der Waals surface area contributed by atoms with E-state index in [9.17, 15) is 0 Å². The normalized spacial score (nSPS) is 10.9. The Hall–Kier alpha value is -2.27. The summed E-state index contributed by atoms with van der Waals surface area (Å²) in [6.07, 6.45) is 0. The van der Waals surface area contributed by atoms with Crippen molar-refractivity contribution < 1.29 is 0 Å². The zero-order valence-corrected chi connectivity index (χ0v) is 11.9. The van der Waals surface area contributed by atoms with E-state index < -0.39 is 0 Å². The zero-order valence-electron chi connectivity index (χ0n) is 11.2. The lowest BCUT2D eigenvalue weighted by Crippen LogP contribution is -2.10. The summed E-state index contributed by atoms with van der Waals surface area (Å²) in [6, 6.07) is 9.35. The fourth-order valence-corrected chi connectivity index (χ4v) is 2.08. The van der Waals surface area contributed by atoms with Crippen LogP contribution in [0.3, 0.4) is 0 Å². The van der Waals surface area contributed by atoms with Crippen LogP contribution in [0.5, 0.6) is 0 Å². The van der Waals surface area contributed by atoms with E-state index in [2.05, 4.69) is 15.0 Å². The first-order chi connectivity index (χ1) is 9.54. The number of nitrogen functional groups attached to an aromatic ring is 1. The van der Waals surface area contributed by atoms with Gasteiger partial charge >= 0.3 is 0 Å². The largest absolute Gasteiger partial charge is 0.398 e. The Balaban J connectivity index is 2.10. The van der Waals surface area contributed by atoms with Crippen molar-refractivity contribution in [3.8, 4) is 11.4 Å². The van der Waals surface area contributed by atoms with Gasteiger partial charge in [-0.25, -0.2) is 9.97 Å². The van der Waals surface area contributed by atoms with Crippen LogP contribution >= 0.6 is 11.6 Å². The Bertz CT molecular complexity index is 778. The number of nitrogens with two attached hydrogens (primary N) is 1. The molecule has 102 valence electrons. The minimum Gasteiger partial charge on any atom is -0.398 e. The smallest absolute Gasteiger partial charge is 0.180 e. The molecule has 0 fully saturated rings. The number of imidazole rings is 1. The molecule has 5 nitrogen and oxygen atoms in total. The van der Waals surface area contributed by atoms with E-state index in [-0.39, 0.29) is 0 Å². The van der Waals surface area contributed by atoms with Crippen molar-refractivity contribution in [1.29, 1.82) is 0 Å². The molecule has 0 unspecified atom stereocenters. The molecule has 1 aromatic carbocycles. The number of hydrogen-bond donors (Lipinski definition) is 2. The van der Waals surface area contributed by atoms with Crippen LogP contribution in [0.25, 0.3) is 22.6 Å². The highest BCUT2D eigenvalue weighted by Crippen LogP contribution is 2.26. The summed E-state index contributed by atoms with van der Waals surface area (Å²) in [7, 11) is 3.89. The van der Waals surface area contributed by atoms with Gasteiger partial charge in [0.2, 0.25) is 0 Å². The van der Waals surface area contributed by atoms with E-state index in [1.54, 1.807) is 12.1 Å². The average molecular weight is 288 g/mol. The third-order valence-electron chi connectivity index (χ3n) is 3.06. The molecule has 2 heterocycles. The van der Waals surface area contributed by atoms with Gasteiger partial charge in [-0.2, -0.15) is 0 Å². The highest BCUT2D eigenvalue weighted by molar-refractivity contribution is 6.33. The van der Waals surface area contributed by atoms with Gasteiger partial charge in [-0.1, -0.05) is 11.6 Å². The molecule has 20 heavy (non-hydrogen) atoms. The highest BCUT2D eigenvalue weighted by Gasteiger charge is 2.09. The fourth-order valence-electron chi connectivity index (χ4n) is 1.96. The van der Waals surface area contributed by atoms with Crippen LogP contribution in [-0.2, 0) is 0 Å². The van der Waals surface area contributed by atoms with Crippen LogP contribution < -0.4 is 10.6 Å². The van der Waals surface area contributed by atoms with Crippen LogP contribution in [0.4, 0.5) is 11.5 Å². The monoisotopic (exact) mass is 287 g/mol. The van der Waals surface area contributed by atoms with Gasteiger partial charge in [-0.3, -0.25) is 0 Å². The lowest BCUT2D eigenvalue weighted by molar-refractivity contribution is 1.08. The number of H-pyrrole nitrogens is 1. The number of nitrogens with zero attached hydrogens (tertiary/aromatic N) is 3. The van der Waals surface area contributed by atoms with Crippen molar-refractivity contribution in [2.45, 2.75) is 0 Å². The van der Waals surface area contributed by atoms with Crippen molar-refractivity contribution in [2.75, 3.05) is 24.7 Å². The second kappa shape index (κ2) is 4.68. The second-order valence-corrected chi connectivity index (χ2v) is 5.16. The summed E-state index contributed by atoms with van der Waals surface area (Å²) in [5, 5.41) is 0.540. The van der Waals surface area contributed by atoms with Crippen molar-refractivity contribution in [2.24, 2.45) is 0 Å². The number of nitrogens with one attached hydrogen (secondary N) is 1. The molecule has 3 rings (SSSR count). The molecule has 0 atom stereocenters. The molecule has 3 N–H and O–H groups in total. The van der Waals surface area contributed by atoms with E-state index in [0.717, 1.165) is 22.7 Å². The molecule has 0 spiro atoms. The van der Waals surface area contributed by atoms with E-state index in [4.69, 9.17) is 17.3 Å². The zero-order chi connectivity index (χ0) is 14.3. The quantitative estimate of drug-likeness (QED) is 0.711. The summed E-state index contributed by atoms with van der Waals surface area (Å²) >= 11 is 5.93. The molecule has 6 heteroatoms. The van der Waals surface area contributed by atoms with Crippen molar-refractivity contribution in [1.82, 2.24) is 15.0 Å². The van der Waals surface area contributed by atoms with Crippen LogP contribution in [0.1, 0.15) is 0 Å². The summed E-state index contributed by atoms with van der Waals surface area (Å²) in [5.41, 5.74) is 8.81. The van der Waals surface area contributed by atoms with Crippen molar-refractivity contribution in [3.05, 3.63) is 35.4 Å². The maximum absolute atomic E-state index is 5.93. The van der Waals surface area contributed by atoms with Crippen LogP contribution in [0.15, 0.2) is 30.3 Å². The number of rotatable bonds is 2. The van der Waals surface area contributed by atoms with E-state index in [0.29, 0.717) is 16.4 Å². The fraction of sp³-hybridized carbons (Fsp3) is 0.143. The molecular weight excluding hydrogens is 274 g/mol. The number of fused-ring (bicyclic) bond motifs is 1. The van der Waals surface area contributed by atoms with Crippen molar-refractivity contribution >= 4 is 34.3 Å². The van der Waals surface area contributed by atoms with Gasteiger partial charge in [-0.05, 0) is 30.3 Å². The molecule has 0 aliphatic heterocycles. The number of aromatic nitrogens is 3. The number of benzene rings is 1. The summed E-state index contributed by atoms with van der Waals surface area (Å²) in [6.45, 7) is 0. The lowest BCUT2D eigenvalue weighted by atomic mass is 10.2. The van der Waals surface area contributed by atoms with Gasteiger partial charge in [0.05, 0.1) is 16.2 Å². The third-order valence-corrected chi connectivity index (χ3v) is 3.40. The van der Waals surface area contributed by atoms with E-state index in [1.165, 1.54) is 0 Å². The van der Waals surface area contributed by atoms with E-state index >= 15 is 0 Å². The standard InChI is InChI=1S/C14H14ClN5/c1-20(2)12-6-5-11-14(18-12)19-13(17-11)8-3-4-9(15)10(16)7-8/h3-7H,16H2,1-2H3,(H,17,18,19).